The largest absolute Gasteiger partial charge is 0.416 e. The van der Waals surface area contributed by atoms with Gasteiger partial charge in [0.15, 0.2) is 0 Å². The molecule has 2 aromatic carbocycles. The van der Waals surface area contributed by atoms with Gasteiger partial charge in [-0.05, 0) is 43.0 Å². The molecule has 0 heterocycles. The number of carbonyl (C=O) groups is 1. The van der Waals surface area contributed by atoms with Crippen molar-refractivity contribution in [2.45, 2.75) is 38.0 Å². The van der Waals surface area contributed by atoms with E-state index in [-0.39, 0.29) is 18.0 Å². The lowest BCUT2D eigenvalue weighted by atomic mass is 9.97. The summed E-state index contributed by atoms with van der Waals surface area (Å²) in [6.45, 7) is 1.78. The van der Waals surface area contributed by atoms with Crippen molar-refractivity contribution in [3.63, 3.8) is 0 Å². The monoisotopic (exact) mass is 364 g/mol. The van der Waals surface area contributed by atoms with Crippen molar-refractivity contribution in [2.75, 3.05) is 7.05 Å². The minimum Gasteiger partial charge on any atom is -0.358 e. The molecule has 0 fully saturated rings. The number of carbonyl (C=O) groups excluding carboxylic acids is 1. The van der Waals surface area contributed by atoms with E-state index in [1.54, 1.807) is 14.0 Å². The van der Waals surface area contributed by atoms with Crippen LogP contribution in [0.5, 0.6) is 0 Å². The second-order valence-corrected chi connectivity index (χ2v) is 6.20. The van der Waals surface area contributed by atoms with Crippen LogP contribution in [0.2, 0.25) is 0 Å². The van der Waals surface area contributed by atoms with Crippen LogP contribution in [0.15, 0.2) is 54.6 Å². The summed E-state index contributed by atoms with van der Waals surface area (Å²) >= 11 is 0. The lowest BCUT2D eigenvalue weighted by Gasteiger charge is -2.23. The van der Waals surface area contributed by atoms with Crippen LogP contribution in [0, 0.1) is 0 Å². The van der Waals surface area contributed by atoms with E-state index in [2.05, 4.69) is 10.6 Å². The third kappa shape index (κ3) is 5.59. The Morgan fingerprint density at radius 1 is 1.04 bits per heavy atom. The number of amides is 1. The zero-order valence-corrected chi connectivity index (χ0v) is 14.8. The SMILES string of the molecule is CNC(=O)[C@H](C)N[C@@H](CCc1ccc(C(F)(F)F)cc1)c1ccccc1. The number of hydrogen-bond donors (Lipinski definition) is 2. The molecular formula is C20H23F3N2O. The molecule has 6 heteroatoms. The van der Waals surface area contributed by atoms with E-state index < -0.39 is 11.7 Å². The van der Waals surface area contributed by atoms with Gasteiger partial charge in [0.1, 0.15) is 0 Å². The molecule has 2 atom stereocenters. The summed E-state index contributed by atoms with van der Waals surface area (Å²) in [5.74, 6) is -0.111. The fourth-order valence-electron chi connectivity index (χ4n) is 2.80. The smallest absolute Gasteiger partial charge is 0.358 e. The number of likely N-dealkylation sites (N-methyl/N-ethyl adjacent to an activating group) is 1. The first-order valence-electron chi connectivity index (χ1n) is 8.50. The van der Waals surface area contributed by atoms with E-state index in [9.17, 15) is 18.0 Å². The zero-order chi connectivity index (χ0) is 19.2. The fraction of sp³-hybridized carbons (Fsp3) is 0.350. The Balaban J connectivity index is 2.08. The summed E-state index contributed by atoms with van der Waals surface area (Å²) in [6, 6.07) is 14.5. The van der Waals surface area contributed by atoms with E-state index >= 15 is 0 Å². The molecule has 0 unspecified atom stereocenters. The highest BCUT2D eigenvalue weighted by atomic mass is 19.4. The third-order valence-corrected chi connectivity index (χ3v) is 4.30. The number of hydrogen-bond acceptors (Lipinski definition) is 2. The van der Waals surface area contributed by atoms with Gasteiger partial charge in [-0.25, -0.2) is 0 Å². The first kappa shape index (κ1) is 20.0. The lowest BCUT2D eigenvalue weighted by molar-refractivity contribution is -0.137. The summed E-state index contributed by atoms with van der Waals surface area (Å²) < 4.78 is 38.0. The maximum absolute atomic E-state index is 12.7. The van der Waals surface area contributed by atoms with E-state index in [1.165, 1.54) is 12.1 Å². The second kappa shape index (κ2) is 8.85. The van der Waals surface area contributed by atoms with E-state index in [0.29, 0.717) is 12.8 Å². The van der Waals surface area contributed by atoms with E-state index in [1.807, 2.05) is 30.3 Å². The topological polar surface area (TPSA) is 41.1 Å². The second-order valence-electron chi connectivity index (χ2n) is 6.20. The van der Waals surface area contributed by atoms with Gasteiger partial charge >= 0.3 is 6.18 Å². The average Bonchev–Trinajstić information content (AvgIpc) is 2.64. The molecular weight excluding hydrogens is 341 g/mol. The molecule has 3 nitrogen and oxygen atoms in total. The number of benzene rings is 2. The molecule has 0 aromatic heterocycles. The van der Waals surface area contributed by atoms with Gasteiger partial charge < -0.3 is 5.32 Å². The van der Waals surface area contributed by atoms with Crippen LogP contribution >= 0.6 is 0 Å². The molecule has 0 aliphatic heterocycles. The molecule has 0 aliphatic carbocycles. The minimum absolute atomic E-state index is 0.0780. The summed E-state index contributed by atoms with van der Waals surface area (Å²) in [4.78, 5) is 11.8. The third-order valence-electron chi connectivity index (χ3n) is 4.30. The average molecular weight is 364 g/mol. The van der Waals surface area contributed by atoms with Gasteiger partial charge in [-0.15, -0.1) is 0 Å². The molecule has 0 aliphatic rings. The molecule has 0 saturated heterocycles. The molecule has 0 saturated carbocycles. The van der Waals surface area contributed by atoms with Crippen LogP contribution in [0.1, 0.15) is 36.1 Å². The summed E-state index contributed by atoms with van der Waals surface area (Å²) in [5.41, 5.74) is 1.22. The quantitative estimate of drug-likeness (QED) is 0.777. The van der Waals surface area contributed by atoms with Crippen molar-refractivity contribution in [1.29, 1.82) is 0 Å². The van der Waals surface area contributed by atoms with Crippen molar-refractivity contribution < 1.29 is 18.0 Å². The normalized spacial score (nSPS) is 13.9. The highest BCUT2D eigenvalue weighted by molar-refractivity contribution is 5.81. The number of alkyl halides is 3. The van der Waals surface area contributed by atoms with Gasteiger partial charge in [-0.1, -0.05) is 42.5 Å². The molecule has 2 rings (SSSR count). The van der Waals surface area contributed by atoms with E-state index in [0.717, 1.165) is 23.3 Å². The van der Waals surface area contributed by atoms with Gasteiger partial charge in [-0.2, -0.15) is 13.2 Å². The van der Waals surface area contributed by atoms with Crippen LogP contribution in [-0.2, 0) is 17.4 Å². The van der Waals surface area contributed by atoms with Gasteiger partial charge in [-0.3, -0.25) is 10.1 Å². The molecule has 0 bridgehead atoms. The van der Waals surface area contributed by atoms with Crippen molar-refractivity contribution >= 4 is 5.91 Å². The Hall–Kier alpha value is -2.34. The van der Waals surface area contributed by atoms with Gasteiger partial charge in [0.05, 0.1) is 11.6 Å². The predicted octanol–water partition coefficient (Wildman–Crippen LogP) is 4.10. The zero-order valence-electron chi connectivity index (χ0n) is 14.8. The van der Waals surface area contributed by atoms with E-state index in [4.69, 9.17) is 0 Å². The first-order chi connectivity index (χ1) is 12.3. The number of rotatable bonds is 7. The van der Waals surface area contributed by atoms with Crippen LogP contribution in [0.4, 0.5) is 13.2 Å². The van der Waals surface area contributed by atoms with Gasteiger partial charge in [0, 0.05) is 13.1 Å². The number of halogens is 3. The van der Waals surface area contributed by atoms with Crippen molar-refractivity contribution in [3.05, 3.63) is 71.3 Å². The van der Waals surface area contributed by atoms with Crippen molar-refractivity contribution in [3.8, 4) is 0 Å². The molecule has 1 amide bonds. The number of aryl methyl sites for hydroxylation is 1. The Labute approximate surface area is 151 Å². The van der Waals surface area contributed by atoms with Crippen LogP contribution in [0.25, 0.3) is 0 Å². The van der Waals surface area contributed by atoms with Crippen molar-refractivity contribution in [1.82, 2.24) is 10.6 Å². The minimum atomic E-state index is -4.32. The fourth-order valence-corrected chi connectivity index (χ4v) is 2.80. The van der Waals surface area contributed by atoms with Gasteiger partial charge in [0.2, 0.25) is 5.91 Å². The standard InChI is InChI=1S/C20H23F3N2O/c1-14(19(26)24-2)25-18(16-6-4-3-5-7-16)13-10-15-8-11-17(12-9-15)20(21,22)23/h3-9,11-12,14,18,25H,10,13H2,1-2H3,(H,24,26)/t14-,18-/m0/s1. The van der Waals surface area contributed by atoms with Crippen LogP contribution in [-0.4, -0.2) is 19.0 Å². The Kier molecular flexibility index (Phi) is 6.80. The summed E-state index contributed by atoms with van der Waals surface area (Å²) in [5, 5.41) is 5.91. The molecule has 2 aromatic rings. The molecule has 0 radical (unpaired) electrons. The highest BCUT2D eigenvalue weighted by Crippen LogP contribution is 2.29. The molecule has 2 N–H and O–H groups in total. The molecule has 26 heavy (non-hydrogen) atoms. The lowest BCUT2D eigenvalue weighted by Crippen LogP contribution is -2.42. The predicted molar refractivity (Wildman–Crippen MR) is 95.6 cm³/mol. The number of nitrogens with one attached hydrogen (secondary N) is 2. The Morgan fingerprint density at radius 2 is 1.65 bits per heavy atom. The summed E-state index contributed by atoms with van der Waals surface area (Å²) in [6.07, 6.45) is -3.06. The van der Waals surface area contributed by atoms with Crippen molar-refractivity contribution in [2.24, 2.45) is 0 Å². The highest BCUT2D eigenvalue weighted by Gasteiger charge is 2.30. The van der Waals surface area contributed by atoms with Crippen LogP contribution < -0.4 is 10.6 Å². The molecule has 0 spiro atoms. The Morgan fingerprint density at radius 3 is 2.19 bits per heavy atom. The first-order valence-corrected chi connectivity index (χ1v) is 8.50. The maximum atomic E-state index is 12.7. The summed E-state index contributed by atoms with van der Waals surface area (Å²) in [7, 11) is 1.58. The van der Waals surface area contributed by atoms with Crippen LogP contribution in [0.3, 0.4) is 0 Å². The Bertz CT molecular complexity index is 699. The maximum Gasteiger partial charge on any atom is 0.416 e. The molecule has 140 valence electrons. The van der Waals surface area contributed by atoms with Gasteiger partial charge in [0.25, 0.3) is 0 Å².